The number of halogens is 1. The third kappa shape index (κ3) is 10.8. The van der Waals surface area contributed by atoms with Crippen molar-refractivity contribution in [2.75, 3.05) is 69.7 Å². The molecule has 2 aliphatic heterocycles. The van der Waals surface area contributed by atoms with E-state index in [1.807, 2.05) is 31.3 Å². The number of aromatic hydroxyl groups is 1. The van der Waals surface area contributed by atoms with E-state index in [1.165, 1.54) is 27.9 Å². The minimum atomic E-state index is -0.137. The number of anilines is 2. The Morgan fingerprint density at radius 1 is 0.879 bits per heavy atom. The van der Waals surface area contributed by atoms with Gasteiger partial charge < -0.3 is 29.9 Å². The molecule has 0 saturated carbocycles. The van der Waals surface area contributed by atoms with Crippen molar-refractivity contribution in [3.05, 3.63) is 124 Å². The normalized spacial score (nSPS) is 18.4. The third-order valence-electron chi connectivity index (χ3n) is 12.3. The van der Waals surface area contributed by atoms with Crippen molar-refractivity contribution in [1.29, 1.82) is 0 Å². The summed E-state index contributed by atoms with van der Waals surface area (Å²) in [7, 11) is 3.41. The summed E-state index contributed by atoms with van der Waals surface area (Å²) < 4.78 is 16.0. The van der Waals surface area contributed by atoms with Crippen LogP contribution in [0.15, 0.2) is 84.9 Å². The number of phenolic OH excluding ortho intramolecular Hbond substituents is 1. The first-order chi connectivity index (χ1) is 28.2. The van der Waals surface area contributed by atoms with Gasteiger partial charge in [0.1, 0.15) is 17.9 Å². The Kier molecular flexibility index (Phi) is 15.0. The quantitative estimate of drug-likeness (QED) is 0.108. The van der Waals surface area contributed by atoms with Crippen LogP contribution >= 0.6 is 0 Å². The van der Waals surface area contributed by atoms with E-state index in [0.717, 1.165) is 95.3 Å². The molecule has 2 saturated heterocycles. The fourth-order valence-electron chi connectivity index (χ4n) is 8.96. The van der Waals surface area contributed by atoms with Crippen molar-refractivity contribution in [1.82, 2.24) is 15.1 Å². The Bertz CT molecular complexity index is 1980. The summed E-state index contributed by atoms with van der Waals surface area (Å²) in [6.07, 6.45) is 7.30. The first kappa shape index (κ1) is 42.4. The van der Waals surface area contributed by atoms with E-state index >= 15 is 4.39 Å². The summed E-state index contributed by atoms with van der Waals surface area (Å²) in [5.41, 5.74) is 9.00. The predicted octanol–water partition coefficient (Wildman–Crippen LogP) is 7.43. The first-order valence-corrected chi connectivity index (χ1v) is 20.9. The minimum absolute atomic E-state index is 0.00292. The van der Waals surface area contributed by atoms with Crippen molar-refractivity contribution in [3.8, 4) is 5.75 Å². The highest BCUT2D eigenvalue weighted by atomic mass is 19.1. The molecule has 3 aliphatic rings. The number of fused-ring (bicyclic) bond motifs is 1. The Labute approximate surface area is 343 Å². The first-order valence-electron chi connectivity index (χ1n) is 20.9. The van der Waals surface area contributed by atoms with Crippen LogP contribution in [-0.4, -0.2) is 93.4 Å². The molecule has 1 aliphatic carbocycles. The molecule has 4 aromatic carbocycles. The van der Waals surface area contributed by atoms with Crippen LogP contribution in [-0.2, 0) is 27.3 Å². The van der Waals surface area contributed by atoms with Crippen molar-refractivity contribution in [2.24, 2.45) is 5.92 Å². The second-order valence-corrected chi connectivity index (χ2v) is 16.2. The molecule has 2 heterocycles. The van der Waals surface area contributed by atoms with Crippen LogP contribution in [0.1, 0.15) is 83.7 Å². The summed E-state index contributed by atoms with van der Waals surface area (Å²) in [6.45, 7) is 9.68. The molecule has 2 amide bonds. The zero-order valence-electron chi connectivity index (χ0n) is 34.4. The molecular weight excluding hydrogens is 730 g/mol. The van der Waals surface area contributed by atoms with Crippen LogP contribution < -0.4 is 15.1 Å². The van der Waals surface area contributed by atoms with E-state index in [9.17, 15) is 19.5 Å². The number of unbranched alkanes of at least 4 members (excludes halogenated alkanes) is 1. The Hall–Kier alpha value is -5.22. The molecule has 308 valence electrons. The van der Waals surface area contributed by atoms with Gasteiger partial charge in [0.05, 0.1) is 5.69 Å². The molecule has 0 spiro atoms. The summed E-state index contributed by atoms with van der Waals surface area (Å²) in [4.78, 5) is 40.4. The van der Waals surface area contributed by atoms with Crippen LogP contribution in [0.3, 0.4) is 0 Å². The number of carbonyl (C=O) groups excluding carboxylic acids is 3. The van der Waals surface area contributed by atoms with Crippen LogP contribution in [0.25, 0.3) is 0 Å². The maximum atomic E-state index is 16.0. The van der Waals surface area contributed by atoms with E-state index in [1.54, 1.807) is 24.1 Å². The number of amides is 2. The molecule has 10 heteroatoms. The molecule has 2 fully saturated rings. The standard InChI is InChI=1S/C42H49FN4O2.C6H11NO2/c1-30-8-11-36(24-35(30)28-44(2)29-48)46-22-20-45(21-23-46)27-31-16-18-47(19-17-31)41-15-10-34(26-40(41)43)42-38(32-6-4-3-5-7-32)13-9-33-25-37(49)12-14-39(33)42;1-7-6(9)4-2-3-5-8/h3-8,10-12,14-15,24-26,29,31,38,42,49H,9,13,16-23,27-28H2,1-2H3;5H,2-4H2,1H3,(H,7,9). The van der Waals surface area contributed by atoms with Crippen LogP contribution in [0.2, 0.25) is 0 Å². The van der Waals surface area contributed by atoms with Gasteiger partial charge in [-0.1, -0.05) is 48.5 Å². The summed E-state index contributed by atoms with van der Waals surface area (Å²) >= 11 is 0. The SMILES string of the molecule is CNC(=O)CCCC=O.Cc1ccc(N2CCN(CC3CCN(c4ccc(C5c6ccc(O)cc6CCC5c5ccccc5)cc4F)CC3)CC2)cc1CN(C)C=O. The van der Waals surface area contributed by atoms with Crippen molar-refractivity contribution >= 4 is 30.0 Å². The predicted molar refractivity (Wildman–Crippen MR) is 230 cm³/mol. The number of aldehydes is 1. The van der Waals surface area contributed by atoms with Crippen LogP contribution in [0, 0.1) is 18.7 Å². The minimum Gasteiger partial charge on any atom is -0.508 e. The van der Waals surface area contributed by atoms with Crippen molar-refractivity contribution < 1.29 is 23.9 Å². The monoisotopic (exact) mass is 789 g/mol. The zero-order valence-corrected chi connectivity index (χ0v) is 34.4. The lowest BCUT2D eigenvalue weighted by Crippen LogP contribution is -2.49. The number of carbonyl (C=O) groups is 3. The molecule has 9 nitrogen and oxygen atoms in total. The molecule has 0 radical (unpaired) electrons. The Morgan fingerprint density at radius 3 is 2.33 bits per heavy atom. The molecule has 0 aromatic heterocycles. The highest BCUT2D eigenvalue weighted by Gasteiger charge is 2.33. The molecule has 4 aromatic rings. The average Bonchev–Trinajstić information content (AvgIpc) is 3.25. The number of nitrogens with zero attached hydrogens (tertiary/aromatic N) is 4. The average molecular weight is 790 g/mol. The highest BCUT2D eigenvalue weighted by Crippen LogP contribution is 2.47. The molecular formula is C48H60FN5O4. The summed E-state index contributed by atoms with van der Waals surface area (Å²) in [5, 5.41) is 12.7. The lowest BCUT2D eigenvalue weighted by Gasteiger charge is -2.40. The van der Waals surface area contributed by atoms with E-state index in [4.69, 9.17) is 0 Å². The van der Waals surface area contributed by atoms with E-state index in [0.29, 0.717) is 43.2 Å². The van der Waals surface area contributed by atoms with Gasteiger partial charge in [-0.2, -0.15) is 0 Å². The Morgan fingerprint density at radius 2 is 1.64 bits per heavy atom. The molecule has 2 atom stereocenters. The van der Waals surface area contributed by atoms with E-state index in [-0.39, 0.29) is 23.6 Å². The maximum absolute atomic E-state index is 16.0. The highest BCUT2D eigenvalue weighted by molar-refractivity contribution is 5.75. The zero-order chi connectivity index (χ0) is 41.0. The van der Waals surface area contributed by atoms with Gasteiger partial charge >= 0.3 is 0 Å². The molecule has 58 heavy (non-hydrogen) atoms. The fraction of sp³-hybridized carbons (Fsp3) is 0.438. The Balaban J connectivity index is 0.000000565. The third-order valence-corrected chi connectivity index (χ3v) is 12.3. The van der Waals surface area contributed by atoms with E-state index < -0.39 is 0 Å². The number of piperidine rings is 1. The van der Waals surface area contributed by atoms with Gasteiger partial charge in [-0.25, -0.2) is 4.39 Å². The topological polar surface area (TPSA) is 96.4 Å². The van der Waals surface area contributed by atoms with Gasteiger partial charge in [-0.05, 0) is 121 Å². The van der Waals surface area contributed by atoms with Gasteiger partial charge in [0.2, 0.25) is 12.3 Å². The van der Waals surface area contributed by atoms with Crippen molar-refractivity contribution in [2.45, 2.75) is 70.3 Å². The van der Waals surface area contributed by atoms with Crippen LogP contribution in [0.5, 0.6) is 5.75 Å². The number of piperazine rings is 1. The lowest BCUT2D eigenvalue weighted by atomic mass is 9.69. The number of aryl methyl sites for hydroxylation is 2. The largest absolute Gasteiger partial charge is 0.508 e. The number of nitrogens with one attached hydrogen (secondary N) is 1. The lowest BCUT2D eigenvalue weighted by molar-refractivity contribution is -0.120. The van der Waals surface area contributed by atoms with Crippen LogP contribution in [0.4, 0.5) is 15.8 Å². The van der Waals surface area contributed by atoms with E-state index in [2.05, 4.69) is 75.5 Å². The van der Waals surface area contributed by atoms with Gasteiger partial charge in [0.25, 0.3) is 0 Å². The second-order valence-electron chi connectivity index (χ2n) is 16.2. The molecule has 2 unspecified atom stereocenters. The van der Waals surface area contributed by atoms with Gasteiger partial charge in [0.15, 0.2) is 0 Å². The summed E-state index contributed by atoms with van der Waals surface area (Å²) in [6, 6.07) is 28.8. The summed E-state index contributed by atoms with van der Waals surface area (Å²) in [5.74, 6) is 1.07. The smallest absolute Gasteiger partial charge is 0.219 e. The molecule has 7 rings (SSSR count). The number of hydrogen-bond donors (Lipinski definition) is 2. The fourth-order valence-corrected chi connectivity index (χ4v) is 8.96. The number of rotatable bonds is 13. The maximum Gasteiger partial charge on any atom is 0.219 e. The van der Waals surface area contributed by atoms with Gasteiger partial charge in [-0.15, -0.1) is 0 Å². The molecule has 0 bridgehead atoms. The van der Waals surface area contributed by atoms with Gasteiger partial charge in [-0.3, -0.25) is 14.5 Å². The number of benzene rings is 4. The van der Waals surface area contributed by atoms with Gasteiger partial charge in [0, 0.05) is 90.9 Å². The van der Waals surface area contributed by atoms with Crippen molar-refractivity contribution in [3.63, 3.8) is 0 Å². The number of phenols is 1. The number of hydrogen-bond acceptors (Lipinski definition) is 7. The second kappa shape index (κ2) is 20.5. The molecule has 2 N–H and O–H groups in total.